The Morgan fingerprint density at radius 2 is 1.69 bits per heavy atom. The van der Waals surface area contributed by atoms with E-state index in [0.29, 0.717) is 5.56 Å². The molecule has 4 aromatic rings. The molecule has 0 saturated carbocycles. The van der Waals surface area contributed by atoms with Gasteiger partial charge in [0.15, 0.2) is 0 Å². The van der Waals surface area contributed by atoms with Crippen LogP contribution < -0.4 is 15.5 Å². The Bertz CT molecular complexity index is 1650. The molecule has 0 unspecified atom stereocenters. The van der Waals surface area contributed by atoms with Gasteiger partial charge in [0, 0.05) is 19.2 Å². The van der Waals surface area contributed by atoms with Crippen molar-refractivity contribution in [1.82, 2.24) is 15.6 Å². The maximum Gasteiger partial charge on any atom is 0.413 e. The number of aliphatic hydroxyl groups is 1. The Labute approximate surface area is 260 Å². The average Bonchev–Trinajstić information content (AvgIpc) is 3.04. The minimum atomic E-state index is -1.29. The summed E-state index contributed by atoms with van der Waals surface area (Å²) in [5.41, 5.74) is 3.48. The van der Waals surface area contributed by atoms with Crippen LogP contribution in [0.1, 0.15) is 36.4 Å². The van der Waals surface area contributed by atoms with Gasteiger partial charge >= 0.3 is 12.1 Å². The molecule has 0 spiro atoms. The van der Waals surface area contributed by atoms with Crippen molar-refractivity contribution in [1.29, 1.82) is 0 Å². The molecule has 0 aliphatic heterocycles. The first-order chi connectivity index (χ1) is 21.7. The number of anilines is 1. The fraction of sp³-hybridized carbons (Fsp3) is 0.265. The van der Waals surface area contributed by atoms with Crippen LogP contribution in [-0.4, -0.2) is 65.4 Å². The van der Waals surface area contributed by atoms with Crippen molar-refractivity contribution in [3.8, 4) is 11.1 Å². The Balaban J connectivity index is 1.40. The van der Waals surface area contributed by atoms with Gasteiger partial charge in [0.05, 0.1) is 26.2 Å². The van der Waals surface area contributed by atoms with E-state index in [0.717, 1.165) is 32.4 Å². The van der Waals surface area contributed by atoms with E-state index >= 15 is 0 Å². The van der Waals surface area contributed by atoms with E-state index in [4.69, 9.17) is 4.74 Å². The van der Waals surface area contributed by atoms with Crippen molar-refractivity contribution in [3.63, 3.8) is 0 Å². The first-order valence-corrected chi connectivity index (χ1v) is 14.5. The van der Waals surface area contributed by atoms with Crippen LogP contribution in [0.5, 0.6) is 0 Å². The molecule has 0 bridgehead atoms. The standard InChI is InChI=1S/C34H36N4O7/c1-22-16-17-35-30(19-22)38(34(43)44)18-6-11-31(40)36-29(21-39)33(42)37-28(20-32(41)45-2)25-14-12-24(13-15-25)27-10-5-8-23-7-3-4-9-26(23)27/h3-5,7-10,12-17,19,28-29,39H,6,11,18,20-21H2,1-2H3,(H,36,40)(H,37,42)(H,43,44)/t28-,29-/m0/s1. The predicted octanol–water partition coefficient (Wildman–Crippen LogP) is 4.37. The molecule has 3 aromatic carbocycles. The van der Waals surface area contributed by atoms with E-state index < -0.39 is 42.6 Å². The van der Waals surface area contributed by atoms with Gasteiger partial charge in [0.2, 0.25) is 11.8 Å². The second kappa shape index (κ2) is 15.4. The zero-order valence-corrected chi connectivity index (χ0v) is 25.1. The Hall–Kier alpha value is -5.29. The Kier molecular flexibility index (Phi) is 11.2. The number of esters is 1. The second-order valence-corrected chi connectivity index (χ2v) is 10.5. The number of amides is 3. The number of aryl methyl sites for hydroxylation is 1. The highest BCUT2D eigenvalue weighted by Gasteiger charge is 2.26. The summed E-state index contributed by atoms with van der Waals surface area (Å²) in [5.74, 6) is -1.53. The molecule has 0 aliphatic rings. The largest absolute Gasteiger partial charge is 0.469 e. The van der Waals surface area contributed by atoms with Crippen LogP contribution in [-0.2, 0) is 19.1 Å². The fourth-order valence-corrected chi connectivity index (χ4v) is 4.98. The van der Waals surface area contributed by atoms with Crippen LogP contribution in [0.25, 0.3) is 21.9 Å². The Morgan fingerprint density at radius 1 is 0.956 bits per heavy atom. The van der Waals surface area contributed by atoms with E-state index in [-0.39, 0.29) is 31.6 Å². The lowest BCUT2D eigenvalue weighted by atomic mass is 9.95. The molecular formula is C34H36N4O7. The van der Waals surface area contributed by atoms with E-state index in [2.05, 4.69) is 15.6 Å². The minimum absolute atomic E-state index is 0.00513. The van der Waals surface area contributed by atoms with E-state index in [1.165, 1.54) is 13.3 Å². The topological polar surface area (TPSA) is 158 Å². The first-order valence-electron chi connectivity index (χ1n) is 14.5. The molecule has 11 heteroatoms. The molecule has 234 valence electrons. The highest BCUT2D eigenvalue weighted by Crippen LogP contribution is 2.30. The highest BCUT2D eigenvalue weighted by molar-refractivity contribution is 5.96. The SMILES string of the molecule is COC(=O)C[C@H](NC(=O)[C@H](CO)NC(=O)CCCN(C(=O)O)c1cc(C)ccn1)c1ccc(-c2cccc3ccccc23)cc1. The number of carbonyl (C=O) groups excluding carboxylic acids is 3. The Morgan fingerprint density at radius 3 is 2.38 bits per heavy atom. The van der Waals surface area contributed by atoms with Gasteiger partial charge in [-0.25, -0.2) is 9.78 Å². The van der Waals surface area contributed by atoms with Gasteiger partial charge in [0.25, 0.3) is 0 Å². The van der Waals surface area contributed by atoms with Crippen LogP contribution in [0.2, 0.25) is 0 Å². The number of carboxylic acid groups (broad SMARTS) is 1. The molecule has 45 heavy (non-hydrogen) atoms. The molecule has 0 saturated heterocycles. The third-order valence-electron chi connectivity index (χ3n) is 7.36. The number of fused-ring (bicyclic) bond motifs is 1. The van der Waals surface area contributed by atoms with Gasteiger partial charge < -0.3 is 25.6 Å². The lowest BCUT2D eigenvalue weighted by Gasteiger charge is -2.23. The smallest absolute Gasteiger partial charge is 0.413 e. The third-order valence-corrected chi connectivity index (χ3v) is 7.36. The highest BCUT2D eigenvalue weighted by atomic mass is 16.5. The summed E-state index contributed by atoms with van der Waals surface area (Å²) in [4.78, 5) is 54.9. The van der Waals surface area contributed by atoms with Crippen LogP contribution in [0.15, 0.2) is 85.1 Å². The lowest BCUT2D eigenvalue weighted by molar-refractivity contribution is -0.141. The number of ether oxygens (including phenoxy) is 1. The molecule has 4 rings (SSSR count). The van der Waals surface area contributed by atoms with Crippen LogP contribution >= 0.6 is 0 Å². The van der Waals surface area contributed by atoms with Gasteiger partial charge in [0.1, 0.15) is 11.9 Å². The summed E-state index contributed by atoms with van der Waals surface area (Å²) >= 11 is 0. The van der Waals surface area contributed by atoms with Gasteiger partial charge in [-0.3, -0.25) is 19.3 Å². The summed E-state index contributed by atoms with van der Waals surface area (Å²) in [6.45, 7) is 1.14. The molecule has 0 aliphatic carbocycles. The monoisotopic (exact) mass is 612 g/mol. The molecule has 0 radical (unpaired) electrons. The maximum atomic E-state index is 13.2. The van der Waals surface area contributed by atoms with Crippen molar-refractivity contribution in [2.75, 3.05) is 25.2 Å². The minimum Gasteiger partial charge on any atom is -0.469 e. The number of benzene rings is 3. The van der Waals surface area contributed by atoms with E-state index in [1.54, 1.807) is 12.1 Å². The van der Waals surface area contributed by atoms with Crippen molar-refractivity contribution < 1.29 is 34.1 Å². The summed E-state index contributed by atoms with van der Waals surface area (Å²) in [7, 11) is 1.25. The maximum absolute atomic E-state index is 13.2. The van der Waals surface area contributed by atoms with Gasteiger partial charge in [-0.2, -0.15) is 0 Å². The second-order valence-electron chi connectivity index (χ2n) is 10.5. The summed E-state index contributed by atoms with van der Waals surface area (Å²) in [5, 5.41) is 26.9. The number of aromatic nitrogens is 1. The van der Waals surface area contributed by atoms with Gasteiger partial charge in [-0.1, -0.05) is 66.7 Å². The average molecular weight is 613 g/mol. The summed E-state index contributed by atoms with van der Waals surface area (Å²) < 4.78 is 4.84. The van der Waals surface area contributed by atoms with Crippen molar-refractivity contribution in [2.45, 2.75) is 38.3 Å². The van der Waals surface area contributed by atoms with Crippen molar-refractivity contribution >= 4 is 40.5 Å². The summed E-state index contributed by atoms with van der Waals surface area (Å²) in [6, 6.07) is 22.8. The van der Waals surface area contributed by atoms with Crippen LogP contribution in [0.3, 0.4) is 0 Å². The first kappa shape index (κ1) is 32.6. The number of nitrogens with zero attached hydrogens (tertiary/aromatic N) is 2. The molecule has 1 heterocycles. The van der Waals surface area contributed by atoms with Gasteiger partial charge in [-0.05, 0) is 58.5 Å². The number of methoxy groups -OCH3 is 1. The molecule has 2 atom stereocenters. The molecule has 11 nitrogen and oxygen atoms in total. The normalized spacial score (nSPS) is 12.2. The van der Waals surface area contributed by atoms with Crippen LogP contribution in [0.4, 0.5) is 10.6 Å². The number of aliphatic hydroxyl groups excluding tert-OH is 1. The van der Waals surface area contributed by atoms with Crippen molar-refractivity contribution in [3.05, 3.63) is 96.2 Å². The van der Waals surface area contributed by atoms with E-state index in [9.17, 15) is 29.4 Å². The quantitative estimate of drug-likeness (QED) is 0.162. The number of hydrogen-bond acceptors (Lipinski definition) is 7. The number of nitrogens with one attached hydrogen (secondary N) is 2. The number of pyridine rings is 1. The van der Waals surface area contributed by atoms with Crippen molar-refractivity contribution in [2.24, 2.45) is 0 Å². The molecule has 1 aromatic heterocycles. The third kappa shape index (κ3) is 8.64. The number of rotatable bonds is 13. The fourth-order valence-electron chi connectivity index (χ4n) is 4.98. The lowest BCUT2D eigenvalue weighted by Crippen LogP contribution is -2.50. The zero-order chi connectivity index (χ0) is 32.3. The molecule has 3 amide bonds. The summed E-state index contributed by atoms with van der Waals surface area (Å²) in [6.07, 6.45) is 0.190. The molecule has 0 fully saturated rings. The predicted molar refractivity (Wildman–Crippen MR) is 169 cm³/mol. The van der Waals surface area contributed by atoms with Gasteiger partial charge in [-0.15, -0.1) is 0 Å². The molecule has 4 N–H and O–H groups in total. The molecular weight excluding hydrogens is 576 g/mol. The van der Waals surface area contributed by atoms with E-state index in [1.807, 2.05) is 73.7 Å². The van der Waals surface area contributed by atoms with Crippen LogP contribution in [0, 0.1) is 6.92 Å². The number of hydrogen-bond donors (Lipinski definition) is 4. The number of carbonyl (C=O) groups is 4. The zero-order valence-electron chi connectivity index (χ0n) is 25.1.